The third-order valence-corrected chi connectivity index (χ3v) is 15.9. The molecule has 2 heterocycles. The Morgan fingerprint density at radius 3 is 2.02 bits per heavy atom. The minimum absolute atomic E-state index is 0.0203. The zero-order valence-corrected chi connectivity index (χ0v) is 34.1. The molecule has 2 saturated heterocycles. The summed E-state index contributed by atoms with van der Waals surface area (Å²) in [5, 5.41) is 2.32. The molecule has 0 radical (unpaired) electrons. The van der Waals surface area contributed by atoms with Crippen molar-refractivity contribution < 1.29 is 33.0 Å². The van der Waals surface area contributed by atoms with Crippen LogP contribution in [0.3, 0.4) is 0 Å². The van der Waals surface area contributed by atoms with E-state index in [1.165, 1.54) is 17.3 Å². The van der Waals surface area contributed by atoms with E-state index in [1.54, 1.807) is 0 Å². The highest BCUT2D eigenvalue weighted by atomic mass is 28.4. The Balaban J connectivity index is 1.28. The van der Waals surface area contributed by atoms with E-state index < -0.39 is 26.1 Å². The van der Waals surface area contributed by atoms with Crippen LogP contribution in [-0.4, -0.2) is 75.2 Å². The van der Waals surface area contributed by atoms with Gasteiger partial charge in [0.2, 0.25) is 5.91 Å². The Morgan fingerprint density at radius 2 is 1.47 bits per heavy atom. The molecule has 0 N–H and O–H groups in total. The van der Waals surface area contributed by atoms with Gasteiger partial charge in [0, 0.05) is 13.3 Å². The van der Waals surface area contributed by atoms with Crippen LogP contribution in [0.15, 0.2) is 91.0 Å². The summed E-state index contributed by atoms with van der Waals surface area (Å²) in [4.78, 5) is 28.5. The summed E-state index contributed by atoms with van der Waals surface area (Å²) in [6.45, 7) is 17.5. The summed E-state index contributed by atoms with van der Waals surface area (Å²) < 4.78 is 32.1. The number of nitrogens with zero attached hydrogens (tertiary/aromatic N) is 1. The van der Waals surface area contributed by atoms with Crippen molar-refractivity contribution >= 4 is 30.6 Å². The van der Waals surface area contributed by atoms with Crippen LogP contribution >= 0.6 is 0 Å². The van der Waals surface area contributed by atoms with Gasteiger partial charge in [0.15, 0.2) is 5.79 Å². The molecule has 0 spiro atoms. The first kappa shape index (κ1) is 40.8. The summed E-state index contributed by atoms with van der Waals surface area (Å²) >= 11 is 0. The standard InChI is InChI=1S/C44H61NO7Si/c1-9-40(42(47)45-31-48-29-35(45)27-34-19-13-10-14-20-34)41(50-33(3)46)32(2)25-26-36-28-37(52-44(7,8)51-36)30-49-53(43(4,5)6,38-21-15-11-16-22-38)39-23-17-12-18-24-39/h10-24,32,35-37,40-41H,9,25-31H2,1-8H3/t32-,35+,36-,37+,40+,41-/m1/s1. The maximum Gasteiger partial charge on any atom is 0.302 e. The summed E-state index contributed by atoms with van der Waals surface area (Å²) in [5.41, 5.74) is 1.16. The quantitative estimate of drug-likeness (QED) is 0.120. The van der Waals surface area contributed by atoms with Gasteiger partial charge in [-0.3, -0.25) is 9.59 Å². The number of benzene rings is 3. The Hall–Kier alpha value is -3.34. The van der Waals surface area contributed by atoms with Gasteiger partial charge in [0.05, 0.1) is 37.4 Å². The smallest absolute Gasteiger partial charge is 0.302 e. The van der Waals surface area contributed by atoms with Gasteiger partial charge in [-0.2, -0.15) is 0 Å². The van der Waals surface area contributed by atoms with E-state index in [-0.39, 0.29) is 47.8 Å². The fourth-order valence-corrected chi connectivity index (χ4v) is 13.0. The molecule has 6 atom stereocenters. The molecule has 0 unspecified atom stereocenters. The number of esters is 1. The van der Waals surface area contributed by atoms with Crippen LogP contribution in [0.1, 0.15) is 86.6 Å². The normalized spacial score (nSPS) is 22.2. The number of hydrogen-bond donors (Lipinski definition) is 0. The minimum Gasteiger partial charge on any atom is -0.461 e. The number of amides is 1. The van der Waals surface area contributed by atoms with Crippen molar-refractivity contribution in [1.29, 1.82) is 0 Å². The van der Waals surface area contributed by atoms with Crippen LogP contribution in [0.5, 0.6) is 0 Å². The highest BCUT2D eigenvalue weighted by molar-refractivity contribution is 6.99. The SMILES string of the molecule is CC[C@H](C(=O)N1COC[C@@H]1Cc1ccccc1)[C@H](OC(C)=O)[C@H](C)CC[C@@H]1C[C@@H](CO[Si](c2ccccc2)(c2ccccc2)C(C)(C)C)OC(C)(C)O1. The molecule has 2 aliphatic heterocycles. The van der Waals surface area contributed by atoms with E-state index in [0.717, 1.165) is 12.0 Å². The van der Waals surface area contributed by atoms with Crippen molar-refractivity contribution in [3.05, 3.63) is 96.6 Å². The Morgan fingerprint density at radius 1 is 0.906 bits per heavy atom. The molecule has 0 bridgehead atoms. The predicted molar refractivity (Wildman–Crippen MR) is 211 cm³/mol. The molecule has 53 heavy (non-hydrogen) atoms. The third kappa shape index (κ3) is 10.1. The van der Waals surface area contributed by atoms with Crippen molar-refractivity contribution in [2.24, 2.45) is 11.8 Å². The molecular weight excluding hydrogens is 683 g/mol. The molecule has 3 aromatic carbocycles. The average Bonchev–Trinajstić information content (AvgIpc) is 3.58. The number of carbonyl (C=O) groups excluding carboxylic acids is 2. The first-order chi connectivity index (χ1) is 25.2. The van der Waals surface area contributed by atoms with Gasteiger partial charge in [0.25, 0.3) is 8.32 Å². The van der Waals surface area contributed by atoms with Crippen molar-refractivity contribution in [2.75, 3.05) is 19.9 Å². The second kappa shape index (κ2) is 17.9. The zero-order valence-electron chi connectivity index (χ0n) is 33.1. The van der Waals surface area contributed by atoms with Crippen molar-refractivity contribution in [1.82, 2.24) is 4.90 Å². The van der Waals surface area contributed by atoms with Gasteiger partial charge in [-0.25, -0.2) is 0 Å². The van der Waals surface area contributed by atoms with E-state index >= 15 is 0 Å². The molecule has 0 aromatic heterocycles. The maximum atomic E-state index is 14.2. The maximum absolute atomic E-state index is 14.2. The van der Waals surface area contributed by atoms with Crippen molar-refractivity contribution in [3.8, 4) is 0 Å². The highest BCUT2D eigenvalue weighted by Gasteiger charge is 2.51. The second-order valence-corrected chi connectivity index (χ2v) is 20.7. The Bertz CT molecular complexity index is 1560. The van der Waals surface area contributed by atoms with Crippen molar-refractivity contribution in [2.45, 2.75) is 123 Å². The van der Waals surface area contributed by atoms with Gasteiger partial charge in [-0.05, 0) is 66.4 Å². The molecule has 9 heteroatoms. The molecule has 0 aliphatic carbocycles. The number of ether oxygens (including phenoxy) is 4. The van der Waals surface area contributed by atoms with E-state index in [4.69, 9.17) is 23.4 Å². The minimum atomic E-state index is -2.75. The molecular formula is C44H61NO7Si. The van der Waals surface area contributed by atoms with Crippen LogP contribution < -0.4 is 10.4 Å². The van der Waals surface area contributed by atoms with Crippen LogP contribution in [0, 0.1) is 11.8 Å². The lowest BCUT2D eigenvalue weighted by atomic mass is 9.84. The van der Waals surface area contributed by atoms with E-state index in [1.807, 2.05) is 43.9 Å². The topological polar surface area (TPSA) is 83.5 Å². The third-order valence-electron chi connectivity index (χ3n) is 10.9. The van der Waals surface area contributed by atoms with E-state index in [9.17, 15) is 9.59 Å². The Labute approximate surface area is 318 Å². The average molecular weight is 744 g/mol. The first-order valence-corrected chi connectivity index (χ1v) is 21.3. The molecule has 1 amide bonds. The van der Waals surface area contributed by atoms with E-state index in [0.29, 0.717) is 38.9 Å². The van der Waals surface area contributed by atoms with Gasteiger partial charge in [0.1, 0.15) is 12.8 Å². The summed E-state index contributed by atoms with van der Waals surface area (Å²) in [7, 11) is -2.75. The van der Waals surface area contributed by atoms with E-state index in [2.05, 4.69) is 100 Å². The lowest BCUT2D eigenvalue weighted by Gasteiger charge is -2.46. The molecule has 5 rings (SSSR count). The monoisotopic (exact) mass is 743 g/mol. The number of hydrogen-bond acceptors (Lipinski definition) is 7. The predicted octanol–water partition coefficient (Wildman–Crippen LogP) is 7.28. The van der Waals surface area contributed by atoms with Crippen molar-refractivity contribution in [3.63, 3.8) is 0 Å². The number of carbonyl (C=O) groups is 2. The second-order valence-electron chi connectivity index (χ2n) is 16.4. The summed E-state index contributed by atoms with van der Waals surface area (Å²) in [6.07, 6.45) is 2.56. The zero-order chi connectivity index (χ0) is 38.2. The fourth-order valence-electron chi connectivity index (χ4n) is 8.42. The van der Waals surface area contributed by atoms with Crippen LogP contribution in [-0.2, 0) is 39.4 Å². The first-order valence-electron chi connectivity index (χ1n) is 19.4. The summed E-state index contributed by atoms with van der Waals surface area (Å²) in [5.74, 6) is -1.76. The van der Waals surface area contributed by atoms with Crippen LogP contribution in [0.2, 0.25) is 5.04 Å². The molecule has 8 nitrogen and oxygen atoms in total. The molecule has 288 valence electrons. The fraction of sp³-hybridized carbons (Fsp3) is 0.545. The van der Waals surface area contributed by atoms with Crippen LogP contribution in [0.25, 0.3) is 0 Å². The van der Waals surface area contributed by atoms with Gasteiger partial charge < -0.3 is 28.3 Å². The van der Waals surface area contributed by atoms with Gasteiger partial charge in [-0.15, -0.1) is 0 Å². The largest absolute Gasteiger partial charge is 0.461 e. The van der Waals surface area contributed by atoms with Gasteiger partial charge >= 0.3 is 5.97 Å². The lowest BCUT2D eigenvalue weighted by Crippen LogP contribution is -2.67. The summed E-state index contributed by atoms with van der Waals surface area (Å²) in [6, 6.07) is 31.4. The molecule has 2 fully saturated rings. The molecule has 0 saturated carbocycles. The van der Waals surface area contributed by atoms with Gasteiger partial charge in [-0.1, -0.05) is 126 Å². The lowest BCUT2D eigenvalue weighted by molar-refractivity contribution is -0.304. The van der Waals surface area contributed by atoms with Crippen LogP contribution in [0.4, 0.5) is 0 Å². The molecule has 2 aliphatic rings. The highest BCUT2D eigenvalue weighted by Crippen LogP contribution is 2.38. The Kier molecular flexibility index (Phi) is 13.8. The number of rotatable bonds is 15. The molecule has 3 aromatic rings.